The minimum Gasteiger partial charge on any atom is -0.287 e. The maximum Gasteiger partial charge on any atom is 0.329 e. The molecule has 0 saturated heterocycles. The number of H-pyrrole nitrogens is 1. The predicted octanol–water partition coefficient (Wildman–Crippen LogP) is 3.64. The van der Waals surface area contributed by atoms with Gasteiger partial charge in [-0.3, -0.25) is 24.1 Å². The van der Waals surface area contributed by atoms with E-state index in [0.29, 0.717) is 0 Å². The van der Waals surface area contributed by atoms with Crippen LogP contribution in [0.1, 0.15) is 46.9 Å². The zero-order chi connectivity index (χ0) is 20.4. The Morgan fingerprint density at radius 2 is 1.71 bits per heavy atom. The highest BCUT2D eigenvalue weighted by atomic mass is 35.5. The molecule has 0 fully saturated rings. The fourth-order valence-corrected chi connectivity index (χ4v) is 3.54. The number of rotatable bonds is 5. The summed E-state index contributed by atoms with van der Waals surface area (Å²) in [5.74, 6) is -0.785. The van der Waals surface area contributed by atoms with E-state index in [4.69, 9.17) is 23.2 Å². The fraction of sp³-hybridized carbons (Fsp3) is 0.200. The predicted molar refractivity (Wildman–Crippen MR) is 109 cm³/mol. The summed E-state index contributed by atoms with van der Waals surface area (Å²) in [6.07, 6.45) is 3.18. The summed E-state index contributed by atoms with van der Waals surface area (Å²) >= 11 is 12.1. The summed E-state index contributed by atoms with van der Waals surface area (Å²) in [4.78, 5) is 44.7. The van der Waals surface area contributed by atoms with Crippen LogP contribution in [0.5, 0.6) is 0 Å². The van der Waals surface area contributed by atoms with Crippen molar-refractivity contribution < 1.29 is 4.79 Å². The van der Waals surface area contributed by atoms with Gasteiger partial charge >= 0.3 is 5.69 Å². The van der Waals surface area contributed by atoms with Crippen molar-refractivity contribution in [1.29, 1.82) is 0 Å². The second-order valence-corrected chi connectivity index (χ2v) is 7.48. The van der Waals surface area contributed by atoms with E-state index in [0.717, 1.165) is 5.56 Å². The number of nitrogens with zero attached hydrogens (tertiary/aromatic N) is 2. The molecule has 0 aliphatic carbocycles. The van der Waals surface area contributed by atoms with Crippen LogP contribution in [0.2, 0.25) is 10.0 Å². The van der Waals surface area contributed by atoms with Crippen LogP contribution in [-0.2, 0) is 6.54 Å². The first-order valence-corrected chi connectivity index (χ1v) is 9.30. The van der Waals surface area contributed by atoms with E-state index in [9.17, 15) is 14.4 Å². The summed E-state index contributed by atoms with van der Waals surface area (Å²) in [5.41, 5.74) is -0.0244. The fourth-order valence-electron chi connectivity index (χ4n) is 3.01. The number of carbonyl (C=O) groups is 1. The van der Waals surface area contributed by atoms with Gasteiger partial charge in [0.1, 0.15) is 5.69 Å². The number of pyridine rings is 1. The van der Waals surface area contributed by atoms with Crippen molar-refractivity contribution in [2.24, 2.45) is 0 Å². The molecule has 2 heterocycles. The molecular weight excluding hydrogens is 401 g/mol. The van der Waals surface area contributed by atoms with Gasteiger partial charge < -0.3 is 0 Å². The van der Waals surface area contributed by atoms with Crippen molar-refractivity contribution >= 4 is 29.0 Å². The van der Waals surface area contributed by atoms with Gasteiger partial charge in [0.2, 0.25) is 5.78 Å². The molecule has 2 aromatic heterocycles. The summed E-state index contributed by atoms with van der Waals surface area (Å²) in [6, 6.07) is 7.89. The first kappa shape index (κ1) is 20.0. The third-order valence-electron chi connectivity index (χ3n) is 4.24. The van der Waals surface area contributed by atoms with E-state index in [1.807, 2.05) is 0 Å². The lowest BCUT2D eigenvalue weighted by Gasteiger charge is -2.17. The molecule has 28 heavy (non-hydrogen) atoms. The third-order valence-corrected chi connectivity index (χ3v) is 4.68. The van der Waals surface area contributed by atoms with Crippen LogP contribution in [0.25, 0.3) is 0 Å². The summed E-state index contributed by atoms with van der Waals surface area (Å²) in [6.45, 7) is 3.67. The molecule has 3 aromatic rings. The molecular formula is C20H17Cl2N3O3. The standard InChI is InChI=1S/C20H17Cl2N3O3/c1-11(2)16-17(18(26)13-7-14(21)9-15(22)8-13)25(20(28)24-19(16)27)10-12-3-5-23-6-4-12/h3-9,11H,10H2,1-2H3,(H,24,27,28). The quantitative estimate of drug-likeness (QED) is 0.642. The average molecular weight is 418 g/mol. The van der Waals surface area contributed by atoms with E-state index in [1.54, 1.807) is 38.4 Å². The Labute approximate surface area is 170 Å². The van der Waals surface area contributed by atoms with Gasteiger partial charge in [-0.2, -0.15) is 0 Å². The molecule has 1 N–H and O–H groups in total. The Morgan fingerprint density at radius 3 is 2.29 bits per heavy atom. The molecule has 6 nitrogen and oxygen atoms in total. The number of aromatic amines is 1. The highest BCUT2D eigenvalue weighted by Crippen LogP contribution is 2.24. The van der Waals surface area contributed by atoms with Crippen LogP contribution in [0.3, 0.4) is 0 Å². The van der Waals surface area contributed by atoms with Gasteiger partial charge in [-0.05, 0) is 41.8 Å². The van der Waals surface area contributed by atoms with Gasteiger partial charge in [0, 0.05) is 33.6 Å². The van der Waals surface area contributed by atoms with Crippen molar-refractivity contribution in [3.63, 3.8) is 0 Å². The van der Waals surface area contributed by atoms with E-state index < -0.39 is 17.0 Å². The van der Waals surface area contributed by atoms with Crippen molar-refractivity contribution in [3.8, 4) is 0 Å². The van der Waals surface area contributed by atoms with Gasteiger partial charge in [0.15, 0.2) is 0 Å². The van der Waals surface area contributed by atoms with E-state index in [1.165, 1.54) is 22.8 Å². The molecule has 1 aromatic carbocycles. The van der Waals surface area contributed by atoms with Gasteiger partial charge in [-0.25, -0.2) is 4.79 Å². The van der Waals surface area contributed by atoms with Crippen molar-refractivity contribution in [2.75, 3.05) is 0 Å². The number of hydrogen-bond acceptors (Lipinski definition) is 4. The molecule has 0 spiro atoms. The molecule has 8 heteroatoms. The van der Waals surface area contributed by atoms with Crippen molar-refractivity contribution in [3.05, 3.63) is 96.0 Å². The number of halogens is 2. The van der Waals surface area contributed by atoms with Gasteiger partial charge in [0.05, 0.1) is 6.54 Å². The molecule has 0 radical (unpaired) electrons. The number of aromatic nitrogens is 3. The number of nitrogens with one attached hydrogen (secondary N) is 1. The Balaban J connectivity index is 2.28. The summed E-state index contributed by atoms with van der Waals surface area (Å²) in [5, 5.41) is 0.574. The topological polar surface area (TPSA) is 84.8 Å². The lowest BCUT2D eigenvalue weighted by Crippen LogP contribution is -2.38. The highest BCUT2D eigenvalue weighted by Gasteiger charge is 2.25. The Hall–Kier alpha value is -2.70. The minimum absolute atomic E-state index is 0.0268. The number of carbonyl (C=O) groups excluding carboxylic acids is 1. The van der Waals surface area contributed by atoms with Gasteiger partial charge in [0.25, 0.3) is 5.56 Å². The summed E-state index contributed by atoms with van der Waals surface area (Å²) in [7, 11) is 0. The summed E-state index contributed by atoms with van der Waals surface area (Å²) < 4.78 is 1.27. The van der Waals surface area contributed by atoms with E-state index >= 15 is 0 Å². The first-order chi connectivity index (χ1) is 13.3. The molecule has 0 atom stereocenters. The third kappa shape index (κ3) is 4.08. The lowest BCUT2D eigenvalue weighted by atomic mass is 9.97. The molecule has 3 rings (SSSR count). The van der Waals surface area contributed by atoms with Crippen LogP contribution < -0.4 is 11.2 Å². The SMILES string of the molecule is CC(C)c1c(C(=O)c2cc(Cl)cc(Cl)c2)n(Cc2ccncc2)c(=O)[nH]c1=O. The maximum absolute atomic E-state index is 13.3. The lowest BCUT2D eigenvalue weighted by molar-refractivity contribution is 0.102. The van der Waals surface area contributed by atoms with Crippen LogP contribution in [-0.4, -0.2) is 20.3 Å². The second kappa shape index (κ2) is 8.12. The molecule has 0 aliphatic rings. The van der Waals surface area contributed by atoms with Crippen LogP contribution in [0, 0.1) is 0 Å². The Morgan fingerprint density at radius 1 is 1.11 bits per heavy atom. The number of hydrogen-bond donors (Lipinski definition) is 1. The Bertz CT molecular complexity index is 1130. The molecule has 0 unspecified atom stereocenters. The van der Waals surface area contributed by atoms with Crippen molar-refractivity contribution in [2.45, 2.75) is 26.3 Å². The molecule has 0 bridgehead atoms. The monoisotopic (exact) mass is 417 g/mol. The van der Waals surface area contributed by atoms with Crippen molar-refractivity contribution in [1.82, 2.24) is 14.5 Å². The average Bonchev–Trinajstić information content (AvgIpc) is 2.62. The normalized spacial score (nSPS) is 11.0. The zero-order valence-electron chi connectivity index (χ0n) is 15.2. The maximum atomic E-state index is 13.3. The van der Waals surface area contributed by atoms with Gasteiger partial charge in [-0.1, -0.05) is 37.0 Å². The number of benzene rings is 1. The number of ketones is 1. The molecule has 0 amide bonds. The second-order valence-electron chi connectivity index (χ2n) is 6.61. The van der Waals surface area contributed by atoms with E-state index in [2.05, 4.69) is 9.97 Å². The first-order valence-electron chi connectivity index (χ1n) is 8.54. The minimum atomic E-state index is -0.664. The highest BCUT2D eigenvalue weighted by molar-refractivity contribution is 6.35. The largest absolute Gasteiger partial charge is 0.329 e. The van der Waals surface area contributed by atoms with Crippen LogP contribution in [0.15, 0.2) is 52.3 Å². The van der Waals surface area contributed by atoms with Crippen LogP contribution >= 0.6 is 23.2 Å². The smallest absolute Gasteiger partial charge is 0.287 e. The Kier molecular flexibility index (Phi) is 5.82. The molecule has 0 aliphatic heterocycles. The molecule has 0 saturated carbocycles. The van der Waals surface area contributed by atoms with Gasteiger partial charge in [-0.15, -0.1) is 0 Å². The molecule has 144 valence electrons. The zero-order valence-corrected chi connectivity index (χ0v) is 16.7. The van der Waals surface area contributed by atoms with Crippen LogP contribution in [0.4, 0.5) is 0 Å². The van der Waals surface area contributed by atoms with E-state index in [-0.39, 0.29) is 39.3 Å².